The van der Waals surface area contributed by atoms with Gasteiger partial charge in [0, 0.05) is 13.2 Å². The Bertz CT molecular complexity index is 443. The summed E-state index contributed by atoms with van der Waals surface area (Å²) in [5.41, 5.74) is 0.937. The number of nitrogens with one attached hydrogen (secondary N) is 2. The third kappa shape index (κ3) is 2.66. The van der Waals surface area contributed by atoms with Crippen molar-refractivity contribution in [1.29, 1.82) is 0 Å². The third-order valence-corrected chi connectivity index (χ3v) is 2.10. The van der Waals surface area contributed by atoms with Crippen molar-refractivity contribution >= 4 is 11.6 Å². The zero-order valence-electron chi connectivity index (χ0n) is 9.01. The van der Waals surface area contributed by atoms with Gasteiger partial charge in [-0.2, -0.15) is 0 Å². The van der Waals surface area contributed by atoms with Gasteiger partial charge in [0.25, 0.3) is 0 Å². The van der Waals surface area contributed by atoms with Crippen molar-refractivity contribution in [3.8, 4) is 0 Å². The molecule has 5 heteroatoms. The highest BCUT2D eigenvalue weighted by atomic mass is 15.1. The molecule has 0 aliphatic heterocycles. The van der Waals surface area contributed by atoms with Gasteiger partial charge >= 0.3 is 0 Å². The molecule has 0 atom stereocenters. The summed E-state index contributed by atoms with van der Waals surface area (Å²) >= 11 is 0. The van der Waals surface area contributed by atoms with Gasteiger partial charge in [-0.05, 0) is 18.2 Å². The van der Waals surface area contributed by atoms with Gasteiger partial charge in [-0.25, -0.2) is 15.0 Å². The Morgan fingerprint density at radius 3 is 2.81 bits per heavy atom. The molecule has 2 rings (SSSR count). The van der Waals surface area contributed by atoms with Crippen molar-refractivity contribution < 1.29 is 0 Å². The highest BCUT2D eigenvalue weighted by Crippen LogP contribution is 2.09. The molecule has 2 aromatic rings. The summed E-state index contributed by atoms with van der Waals surface area (Å²) in [6, 6.07) is 7.65. The van der Waals surface area contributed by atoms with E-state index in [4.69, 9.17) is 0 Å². The van der Waals surface area contributed by atoms with Crippen molar-refractivity contribution in [2.75, 3.05) is 17.7 Å². The molecular formula is C11H13N5. The summed E-state index contributed by atoms with van der Waals surface area (Å²) in [6.45, 7) is 0.642. The van der Waals surface area contributed by atoms with Crippen molar-refractivity contribution in [3.05, 3.63) is 42.5 Å². The van der Waals surface area contributed by atoms with E-state index in [1.807, 2.05) is 31.3 Å². The van der Waals surface area contributed by atoms with Gasteiger partial charge in [-0.3, -0.25) is 0 Å². The maximum absolute atomic E-state index is 4.34. The van der Waals surface area contributed by atoms with Crippen LogP contribution in [0, 0.1) is 0 Å². The third-order valence-electron chi connectivity index (χ3n) is 2.10. The van der Waals surface area contributed by atoms with Crippen molar-refractivity contribution in [2.24, 2.45) is 0 Å². The van der Waals surface area contributed by atoms with E-state index in [9.17, 15) is 0 Å². The molecule has 2 N–H and O–H groups in total. The van der Waals surface area contributed by atoms with Crippen LogP contribution in [-0.2, 0) is 6.54 Å². The summed E-state index contributed by atoms with van der Waals surface area (Å²) < 4.78 is 0. The van der Waals surface area contributed by atoms with Crippen molar-refractivity contribution in [3.63, 3.8) is 0 Å². The van der Waals surface area contributed by atoms with Crippen LogP contribution in [0.4, 0.5) is 11.6 Å². The monoisotopic (exact) mass is 215 g/mol. The first-order valence-corrected chi connectivity index (χ1v) is 5.02. The first kappa shape index (κ1) is 10.4. The minimum absolute atomic E-state index is 0.642. The van der Waals surface area contributed by atoms with Crippen molar-refractivity contribution in [1.82, 2.24) is 15.0 Å². The molecule has 16 heavy (non-hydrogen) atoms. The van der Waals surface area contributed by atoms with Crippen LogP contribution in [0.3, 0.4) is 0 Å². The Hall–Kier alpha value is -2.17. The van der Waals surface area contributed by atoms with Gasteiger partial charge in [0.1, 0.15) is 18.0 Å². The van der Waals surface area contributed by atoms with E-state index in [0.717, 1.165) is 17.3 Å². The number of hydrogen-bond acceptors (Lipinski definition) is 5. The predicted octanol–water partition coefficient (Wildman–Crippen LogP) is 1.53. The SMILES string of the molecule is CNc1cccc(NCc2ccncn2)n1. The lowest BCUT2D eigenvalue weighted by Crippen LogP contribution is -2.04. The van der Waals surface area contributed by atoms with E-state index in [0.29, 0.717) is 6.54 Å². The van der Waals surface area contributed by atoms with Crippen LogP contribution in [0.25, 0.3) is 0 Å². The summed E-state index contributed by atoms with van der Waals surface area (Å²) in [4.78, 5) is 12.3. The molecule has 82 valence electrons. The molecule has 0 unspecified atom stereocenters. The molecule has 0 amide bonds. The Labute approximate surface area is 94.0 Å². The quantitative estimate of drug-likeness (QED) is 0.809. The van der Waals surface area contributed by atoms with Crippen LogP contribution >= 0.6 is 0 Å². The average molecular weight is 215 g/mol. The van der Waals surface area contributed by atoms with E-state index < -0.39 is 0 Å². The normalized spacial score (nSPS) is 9.81. The highest BCUT2D eigenvalue weighted by Gasteiger charge is 1.96. The van der Waals surface area contributed by atoms with Crippen LogP contribution in [0.5, 0.6) is 0 Å². The first-order valence-electron chi connectivity index (χ1n) is 5.02. The summed E-state index contributed by atoms with van der Waals surface area (Å²) in [5, 5.41) is 6.18. The van der Waals surface area contributed by atoms with E-state index in [1.165, 1.54) is 6.33 Å². The van der Waals surface area contributed by atoms with E-state index in [-0.39, 0.29) is 0 Å². The predicted molar refractivity (Wildman–Crippen MR) is 63.1 cm³/mol. The fraction of sp³-hybridized carbons (Fsp3) is 0.182. The molecule has 0 aliphatic carbocycles. The molecule has 0 saturated carbocycles. The largest absolute Gasteiger partial charge is 0.373 e. The van der Waals surface area contributed by atoms with Crippen LogP contribution in [-0.4, -0.2) is 22.0 Å². The van der Waals surface area contributed by atoms with Gasteiger partial charge in [-0.1, -0.05) is 6.07 Å². The average Bonchev–Trinajstić information content (AvgIpc) is 2.38. The van der Waals surface area contributed by atoms with E-state index >= 15 is 0 Å². The van der Waals surface area contributed by atoms with Gasteiger partial charge in [-0.15, -0.1) is 0 Å². The molecule has 0 spiro atoms. The number of hydrogen-bond donors (Lipinski definition) is 2. The second kappa shape index (κ2) is 5.06. The lowest BCUT2D eigenvalue weighted by atomic mass is 10.4. The maximum atomic E-state index is 4.34. The number of pyridine rings is 1. The van der Waals surface area contributed by atoms with Crippen LogP contribution in [0.2, 0.25) is 0 Å². The number of rotatable bonds is 4. The lowest BCUT2D eigenvalue weighted by Gasteiger charge is -2.06. The molecule has 2 heterocycles. The summed E-state index contributed by atoms with van der Waals surface area (Å²) in [6.07, 6.45) is 3.26. The minimum atomic E-state index is 0.642. The zero-order chi connectivity index (χ0) is 11.2. The molecule has 2 aromatic heterocycles. The summed E-state index contributed by atoms with van der Waals surface area (Å²) in [7, 11) is 1.84. The molecule has 0 saturated heterocycles. The van der Waals surface area contributed by atoms with E-state index in [2.05, 4.69) is 25.6 Å². The topological polar surface area (TPSA) is 62.7 Å². The lowest BCUT2D eigenvalue weighted by molar-refractivity contribution is 0.996. The van der Waals surface area contributed by atoms with Crippen LogP contribution in [0.15, 0.2) is 36.8 Å². The summed E-state index contributed by atoms with van der Waals surface area (Å²) in [5.74, 6) is 1.66. The van der Waals surface area contributed by atoms with Crippen molar-refractivity contribution in [2.45, 2.75) is 6.54 Å². The Balaban J connectivity index is 1.99. The molecule has 0 aliphatic rings. The van der Waals surface area contributed by atoms with Gasteiger partial charge in [0.15, 0.2) is 0 Å². The van der Waals surface area contributed by atoms with Crippen LogP contribution < -0.4 is 10.6 Å². The first-order chi connectivity index (χ1) is 7.88. The molecule has 0 fully saturated rings. The van der Waals surface area contributed by atoms with Gasteiger partial charge in [0.2, 0.25) is 0 Å². The molecule has 5 nitrogen and oxygen atoms in total. The second-order valence-corrected chi connectivity index (χ2v) is 3.21. The number of nitrogens with zero attached hydrogens (tertiary/aromatic N) is 3. The smallest absolute Gasteiger partial charge is 0.128 e. The van der Waals surface area contributed by atoms with E-state index in [1.54, 1.807) is 6.20 Å². The molecule has 0 aromatic carbocycles. The Morgan fingerprint density at radius 1 is 1.19 bits per heavy atom. The molecule has 0 radical (unpaired) electrons. The Morgan fingerprint density at radius 2 is 2.06 bits per heavy atom. The number of aromatic nitrogens is 3. The maximum Gasteiger partial charge on any atom is 0.128 e. The van der Waals surface area contributed by atoms with Gasteiger partial charge < -0.3 is 10.6 Å². The Kier molecular flexibility index (Phi) is 3.28. The fourth-order valence-electron chi connectivity index (χ4n) is 1.28. The highest BCUT2D eigenvalue weighted by molar-refractivity contribution is 5.44. The molecular weight excluding hydrogens is 202 g/mol. The van der Waals surface area contributed by atoms with Gasteiger partial charge in [0.05, 0.1) is 12.2 Å². The minimum Gasteiger partial charge on any atom is -0.373 e. The fourth-order valence-corrected chi connectivity index (χ4v) is 1.28. The number of anilines is 2. The second-order valence-electron chi connectivity index (χ2n) is 3.21. The zero-order valence-corrected chi connectivity index (χ0v) is 9.01. The standard InChI is InChI=1S/C11H13N5/c1-12-10-3-2-4-11(16-10)14-7-9-5-6-13-8-15-9/h2-6,8H,7H2,1H3,(H2,12,14,16). The van der Waals surface area contributed by atoms with Crippen LogP contribution in [0.1, 0.15) is 5.69 Å². The molecule has 0 bridgehead atoms.